The minimum atomic E-state index is -0.614. The normalized spacial score (nSPS) is 18.4. The number of nitrogens with one attached hydrogen (secondary N) is 1. The Morgan fingerprint density at radius 3 is 2.23 bits per heavy atom. The Bertz CT molecular complexity index is 915. The van der Waals surface area contributed by atoms with Gasteiger partial charge in [-0.1, -0.05) is 60.2 Å². The van der Waals surface area contributed by atoms with E-state index in [0.29, 0.717) is 12.1 Å². The average Bonchev–Trinajstić information content (AvgIpc) is 3.02. The van der Waals surface area contributed by atoms with Crippen molar-refractivity contribution >= 4 is 17.4 Å². The molecular weight excluding hydrogens is 376 g/mol. The Hall–Kier alpha value is -2.92. The Labute approximate surface area is 178 Å². The van der Waals surface area contributed by atoms with Crippen LogP contribution in [0.1, 0.15) is 43.0 Å². The topological polar surface area (TPSA) is 62.0 Å². The second kappa shape index (κ2) is 9.72. The van der Waals surface area contributed by atoms with Crippen molar-refractivity contribution in [2.45, 2.75) is 33.2 Å². The van der Waals surface area contributed by atoms with Gasteiger partial charge in [0, 0.05) is 18.5 Å². The summed E-state index contributed by atoms with van der Waals surface area (Å²) in [6.07, 6.45) is 0.803. The van der Waals surface area contributed by atoms with E-state index in [1.807, 2.05) is 37.3 Å². The van der Waals surface area contributed by atoms with Crippen molar-refractivity contribution in [2.24, 2.45) is 0 Å². The number of aryl methyl sites for hydroxylation is 1. The van der Waals surface area contributed by atoms with E-state index >= 15 is 0 Å². The van der Waals surface area contributed by atoms with Crippen LogP contribution in [0.5, 0.6) is 0 Å². The molecule has 0 spiro atoms. The van der Waals surface area contributed by atoms with Crippen LogP contribution in [0.3, 0.4) is 0 Å². The van der Waals surface area contributed by atoms with E-state index in [0.717, 1.165) is 37.2 Å². The summed E-state index contributed by atoms with van der Waals surface area (Å²) >= 11 is 0. The predicted molar refractivity (Wildman–Crippen MR) is 118 cm³/mol. The first-order valence-corrected chi connectivity index (χ1v) is 10.7. The lowest BCUT2D eigenvalue weighted by Gasteiger charge is -2.26. The Balaban J connectivity index is 2.00. The Morgan fingerprint density at radius 2 is 1.63 bits per heavy atom. The van der Waals surface area contributed by atoms with Gasteiger partial charge in [0.1, 0.15) is 5.76 Å². The molecule has 0 aliphatic carbocycles. The molecular formula is C25H31N2O3+. The summed E-state index contributed by atoms with van der Waals surface area (Å²) in [6, 6.07) is 16.2. The number of Topliss-reactive ketones (excluding diaryl/α,β-unsaturated/α-hetero) is 1. The zero-order valence-corrected chi connectivity index (χ0v) is 18.0. The van der Waals surface area contributed by atoms with Gasteiger partial charge >= 0.3 is 0 Å². The van der Waals surface area contributed by atoms with E-state index in [1.165, 1.54) is 4.90 Å². The molecule has 5 nitrogen and oxygen atoms in total. The highest BCUT2D eigenvalue weighted by atomic mass is 16.3. The molecule has 1 atom stereocenters. The lowest BCUT2D eigenvalue weighted by Crippen LogP contribution is -3.11. The van der Waals surface area contributed by atoms with E-state index in [1.54, 1.807) is 29.2 Å². The largest absolute Gasteiger partial charge is 0.507 e. The van der Waals surface area contributed by atoms with Gasteiger partial charge in [0.05, 0.1) is 31.2 Å². The van der Waals surface area contributed by atoms with Crippen molar-refractivity contribution in [1.29, 1.82) is 0 Å². The second-order valence-electron chi connectivity index (χ2n) is 7.83. The van der Waals surface area contributed by atoms with Crippen LogP contribution >= 0.6 is 0 Å². The highest BCUT2D eigenvalue weighted by Crippen LogP contribution is 2.39. The third kappa shape index (κ3) is 4.46. The number of hydrogen-bond donors (Lipinski definition) is 2. The maximum Gasteiger partial charge on any atom is 0.295 e. The SMILES string of the molecule is CC[NH+](CC)CCCN1C(=O)C(=O)C(=C(O)c2ccccc2)[C@H]1c1ccc(C)cc1. The summed E-state index contributed by atoms with van der Waals surface area (Å²) in [6.45, 7) is 9.79. The number of aliphatic hydroxyl groups is 1. The molecule has 2 aromatic carbocycles. The van der Waals surface area contributed by atoms with Crippen LogP contribution in [-0.2, 0) is 9.59 Å². The molecule has 3 rings (SSSR count). The van der Waals surface area contributed by atoms with Gasteiger partial charge in [0.2, 0.25) is 0 Å². The average molecular weight is 408 g/mol. The van der Waals surface area contributed by atoms with Crippen molar-refractivity contribution in [1.82, 2.24) is 4.90 Å². The number of rotatable bonds is 8. The number of ketones is 1. The first kappa shape index (κ1) is 21.8. The maximum absolute atomic E-state index is 13.0. The van der Waals surface area contributed by atoms with Crippen LogP contribution in [0.25, 0.3) is 5.76 Å². The minimum absolute atomic E-state index is 0.114. The van der Waals surface area contributed by atoms with Crippen LogP contribution in [0, 0.1) is 6.92 Å². The molecule has 30 heavy (non-hydrogen) atoms. The standard InChI is InChI=1S/C25H30N2O3/c1-4-26(5-2)16-9-17-27-22(19-14-12-18(3)13-15-19)21(24(29)25(27)30)23(28)20-10-7-6-8-11-20/h6-8,10-15,22,28H,4-5,9,16-17H2,1-3H3/p+1/t22-/m1/s1. The highest BCUT2D eigenvalue weighted by molar-refractivity contribution is 6.46. The second-order valence-corrected chi connectivity index (χ2v) is 7.83. The van der Waals surface area contributed by atoms with E-state index in [9.17, 15) is 14.7 Å². The van der Waals surface area contributed by atoms with Crippen molar-refractivity contribution in [3.05, 3.63) is 76.9 Å². The number of likely N-dealkylation sites (tertiary alicyclic amines) is 1. The molecule has 1 aliphatic heterocycles. The van der Waals surface area contributed by atoms with E-state index in [4.69, 9.17) is 0 Å². The van der Waals surface area contributed by atoms with Gasteiger partial charge in [0.25, 0.3) is 11.7 Å². The van der Waals surface area contributed by atoms with E-state index in [2.05, 4.69) is 13.8 Å². The summed E-state index contributed by atoms with van der Waals surface area (Å²) in [5.41, 5.74) is 2.65. The molecule has 0 bridgehead atoms. The lowest BCUT2D eigenvalue weighted by atomic mass is 9.94. The molecule has 2 N–H and O–H groups in total. The fourth-order valence-corrected chi connectivity index (χ4v) is 4.06. The molecule has 0 saturated carbocycles. The fourth-order valence-electron chi connectivity index (χ4n) is 4.06. The van der Waals surface area contributed by atoms with Crippen LogP contribution in [0.2, 0.25) is 0 Å². The van der Waals surface area contributed by atoms with E-state index < -0.39 is 17.7 Å². The van der Waals surface area contributed by atoms with Gasteiger partial charge < -0.3 is 14.9 Å². The van der Waals surface area contributed by atoms with E-state index in [-0.39, 0.29) is 11.3 Å². The summed E-state index contributed by atoms with van der Waals surface area (Å²) < 4.78 is 0. The molecule has 0 unspecified atom stereocenters. The first-order chi connectivity index (χ1) is 14.5. The summed E-state index contributed by atoms with van der Waals surface area (Å²) in [5, 5.41) is 11.0. The summed E-state index contributed by atoms with van der Waals surface area (Å²) in [5.74, 6) is -1.26. The van der Waals surface area contributed by atoms with Crippen LogP contribution < -0.4 is 4.90 Å². The molecule has 1 heterocycles. The van der Waals surface area contributed by atoms with Crippen LogP contribution in [0.15, 0.2) is 60.2 Å². The summed E-state index contributed by atoms with van der Waals surface area (Å²) in [7, 11) is 0. The Morgan fingerprint density at radius 1 is 1.00 bits per heavy atom. The zero-order chi connectivity index (χ0) is 21.7. The van der Waals surface area contributed by atoms with Gasteiger partial charge in [-0.3, -0.25) is 9.59 Å². The molecule has 0 aromatic heterocycles. The summed E-state index contributed by atoms with van der Waals surface area (Å²) in [4.78, 5) is 29.0. The van der Waals surface area contributed by atoms with Crippen molar-refractivity contribution in [2.75, 3.05) is 26.2 Å². The number of quaternary nitrogens is 1. The predicted octanol–water partition coefficient (Wildman–Crippen LogP) is 2.73. The third-order valence-corrected chi connectivity index (χ3v) is 5.91. The fraction of sp³-hybridized carbons (Fsp3) is 0.360. The molecule has 1 amide bonds. The molecule has 5 heteroatoms. The molecule has 2 aromatic rings. The lowest BCUT2D eigenvalue weighted by molar-refractivity contribution is -0.896. The van der Waals surface area contributed by atoms with Gasteiger partial charge in [-0.2, -0.15) is 0 Å². The molecule has 1 aliphatic rings. The monoisotopic (exact) mass is 407 g/mol. The smallest absolute Gasteiger partial charge is 0.295 e. The number of hydrogen-bond acceptors (Lipinski definition) is 3. The van der Waals surface area contributed by atoms with Crippen LogP contribution in [0.4, 0.5) is 0 Å². The van der Waals surface area contributed by atoms with Crippen molar-refractivity contribution < 1.29 is 19.6 Å². The van der Waals surface area contributed by atoms with Crippen LogP contribution in [-0.4, -0.2) is 47.9 Å². The van der Waals surface area contributed by atoms with Gasteiger partial charge in [-0.15, -0.1) is 0 Å². The minimum Gasteiger partial charge on any atom is -0.507 e. The quantitative estimate of drug-likeness (QED) is 0.402. The molecule has 1 saturated heterocycles. The number of carbonyl (C=O) groups excluding carboxylic acids is 2. The van der Waals surface area contributed by atoms with Gasteiger partial charge in [-0.25, -0.2) is 0 Å². The maximum atomic E-state index is 13.0. The van der Waals surface area contributed by atoms with Gasteiger partial charge in [-0.05, 0) is 26.3 Å². The van der Waals surface area contributed by atoms with Gasteiger partial charge in [0.15, 0.2) is 0 Å². The highest BCUT2D eigenvalue weighted by Gasteiger charge is 2.45. The number of benzene rings is 2. The Kier molecular flexibility index (Phi) is 7.06. The third-order valence-electron chi connectivity index (χ3n) is 5.91. The van der Waals surface area contributed by atoms with Crippen molar-refractivity contribution in [3.63, 3.8) is 0 Å². The van der Waals surface area contributed by atoms with Crippen molar-refractivity contribution in [3.8, 4) is 0 Å². The zero-order valence-electron chi connectivity index (χ0n) is 18.0. The first-order valence-electron chi connectivity index (χ1n) is 10.7. The number of nitrogens with zero attached hydrogens (tertiary/aromatic N) is 1. The number of carbonyl (C=O) groups is 2. The number of aliphatic hydroxyl groups excluding tert-OH is 1. The molecule has 1 fully saturated rings. The molecule has 0 radical (unpaired) electrons. The number of amides is 1. The molecule has 158 valence electrons.